The summed E-state index contributed by atoms with van der Waals surface area (Å²) >= 11 is 2.48. The van der Waals surface area contributed by atoms with Gasteiger partial charge in [0, 0.05) is 10.8 Å². The van der Waals surface area contributed by atoms with Crippen LogP contribution in [0.2, 0.25) is 0 Å². The zero-order valence-corrected chi connectivity index (χ0v) is 14.4. The van der Waals surface area contributed by atoms with Crippen LogP contribution in [-0.2, 0) is 16.1 Å². The van der Waals surface area contributed by atoms with Gasteiger partial charge < -0.3 is 9.47 Å². The van der Waals surface area contributed by atoms with Gasteiger partial charge >= 0.3 is 0 Å². The second kappa shape index (κ2) is 9.00. The molecule has 0 saturated carbocycles. The summed E-state index contributed by atoms with van der Waals surface area (Å²) in [6.07, 6.45) is 6.48. The second-order valence-corrected chi connectivity index (χ2v) is 6.43. The highest BCUT2D eigenvalue weighted by atomic mass is 127. The van der Waals surface area contributed by atoms with Crippen LogP contribution in [0.5, 0.6) is 0 Å². The molecule has 1 heterocycles. The molecular formula is C17H25IO2. The molecular weight excluding hydrogens is 363 g/mol. The molecule has 0 aliphatic carbocycles. The van der Waals surface area contributed by atoms with Gasteiger partial charge in [0.05, 0.1) is 12.7 Å². The molecule has 0 radical (unpaired) electrons. The normalized spacial score (nSPS) is 26.0. The summed E-state index contributed by atoms with van der Waals surface area (Å²) in [6.45, 7) is 2.90. The Morgan fingerprint density at radius 3 is 2.75 bits per heavy atom. The van der Waals surface area contributed by atoms with Crippen molar-refractivity contribution in [1.82, 2.24) is 0 Å². The van der Waals surface area contributed by atoms with Gasteiger partial charge in [-0.1, -0.05) is 79.1 Å². The Hall–Kier alpha value is -0.130. The van der Waals surface area contributed by atoms with E-state index in [1.54, 1.807) is 0 Å². The fourth-order valence-corrected chi connectivity index (χ4v) is 3.62. The lowest BCUT2D eigenvalue weighted by Gasteiger charge is -2.16. The molecule has 2 nitrogen and oxygen atoms in total. The lowest BCUT2D eigenvalue weighted by Crippen LogP contribution is -2.17. The standard InChI is InChI=1S/C17H25IO2/c1-2-3-5-10-16-15(12-18)11-17(20-16)19-13-14-8-6-4-7-9-14/h4,6-9,15-17H,2-3,5,10-13H2,1H3/t15-,16-,17?/m0/s1. The van der Waals surface area contributed by atoms with E-state index < -0.39 is 0 Å². The van der Waals surface area contributed by atoms with Gasteiger partial charge in [0.25, 0.3) is 0 Å². The van der Waals surface area contributed by atoms with Gasteiger partial charge in [0.2, 0.25) is 0 Å². The number of hydrogen-bond donors (Lipinski definition) is 0. The first-order chi connectivity index (χ1) is 9.83. The molecule has 1 aromatic rings. The SMILES string of the molecule is CCCCC[C@@H]1OC(OCc2ccccc2)C[C@H]1CI. The number of hydrogen-bond acceptors (Lipinski definition) is 2. The summed E-state index contributed by atoms with van der Waals surface area (Å²) in [5.74, 6) is 0.660. The summed E-state index contributed by atoms with van der Waals surface area (Å²) in [7, 11) is 0. The van der Waals surface area contributed by atoms with Crippen molar-refractivity contribution in [1.29, 1.82) is 0 Å². The van der Waals surface area contributed by atoms with Crippen LogP contribution in [0.1, 0.15) is 44.6 Å². The van der Waals surface area contributed by atoms with Crippen LogP contribution in [0.3, 0.4) is 0 Å². The Labute approximate surface area is 136 Å². The quantitative estimate of drug-likeness (QED) is 0.357. The van der Waals surface area contributed by atoms with Gasteiger partial charge in [-0.05, 0) is 17.9 Å². The maximum absolute atomic E-state index is 6.11. The fourth-order valence-electron chi connectivity index (χ4n) is 2.69. The van der Waals surface area contributed by atoms with Crippen LogP contribution < -0.4 is 0 Å². The predicted molar refractivity (Wildman–Crippen MR) is 91.0 cm³/mol. The van der Waals surface area contributed by atoms with Crippen molar-refractivity contribution in [2.24, 2.45) is 5.92 Å². The first-order valence-corrected chi connectivity index (χ1v) is 9.23. The molecule has 1 aromatic carbocycles. The third-order valence-electron chi connectivity index (χ3n) is 3.92. The number of unbranched alkanes of at least 4 members (excludes halogenated alkanes) is 2. The zero-order valence-electron chi connectivity index (χ0n) is 12.3. The average molecular weight is 388 g/mol. The minimum absolute atomic E-state index is 0.0124. The molecule has 112 valence electrons. The molecule has 0 spiro atoms. The zero-order chi connectivity index (χ0) is 14.2. The van der Waals surface area contributed by atoms with Crippen molar-refractivity contribution in [2.45, 2.75) is 58.0 Å². The second-order valence-electron chi connectivity index (χ2n) is 5.55. The van der Waals surface area contributed by atoms with Gasteiger partial charge in [-0.3, -0.25) is 0 Å². The van der Waals surface area contributed by atoms with Gasteiger partial charge in [0.1, 0.15) is 0 Å². The lowest BCUT2D eigenvalue weighted by molar-refractivity contribution is -0.142. The number of alkyl halides is 1. The molecule has 3 atom stereocenters. The summed E-state index contributed by atoms with van der Waals surface area (Å²) < 4.78 is 13.2. The summed E-state index contributed by atoms with van der Waals surface area (Å²) in [5, 5.41) is 0. The minimum atomic E-state index is -0.0124. The molecule has 1 fully saturated rings. The maximum atomic E-state index is 6.11. The topological polar surface area (TPSA) is 18.5 Å². The van der Waals surface area contributed by atoms with Gasteiger partial charge in [-0.25, -0.2) is 0 Å². The van der Waals surface area contributed by atoms with Gasteiger partial charge in [-0.15, -0.1) is 0 Å². The Bertz CT molecular complexity index is 369. The van der Waals surface area contributed by atoms with Crippen LogP contribution in [0.15, 0.2) is 30.3 Å². The number of rotatable bonds is 8. The van der Waals surface area contributed by atoms with E-state index in [1.807, 2.05) is 6.07 Å². The molecule has 1 aliphatic heterocycles. The molecule has 0 aromatic heterocycles. The van der Waals surface area contributed by atoms with E-state index in [-0.39, 0.29) is 6.29 Å². The van der Waals surface area contributed by atoms with Crippen LogP contribution in [0.25, 0.3) is 0 Å². The third-order valence-corrected chi connectivity index (χ3v) is 5.05. The summed E-state index contributed by atoms with van der Waals surface area (Å²) in [5.41, 5.74) is 1.22. The Balaban J connectivity index is 1.76. The highest BCUT2D eigenvalue weighted by Crippen LogP contribution is 2.32. The van der Waals surface area contributed by atoms with Gasteiger partial charge in [0.15, 0.2) is 6.29 Å². The predicted octanol–water partition coefficient (Wildman–Crippen LogP) is 4.95. The van der Waals surface area contributed by atoms with Crippen molar-refractivity contribution in [3.05, 3.63) is 35.9 Å². The first-order valence-electron chi connectivity index (χ1n) is 7.70. The summed E-state index contributed by atoms with van der Waals surface area (Å²) in [4.78, 5) is 0. The molecule has 0 bridgehead atoms. The number of halogens is 1. The van der Waals surface area contributed by atoms with E-state index in [9.17, 15) is 0 Å². The highest BCUT2D eigenvalue weighted by Gasteiger charge is 2.34. The first kappa shape index (κ1) is 16.2. The van der Waals surface area contributed by atoms with E-state index in [4.69, 9.17) is 9.47 Å². The maximum Gasteiger partial charge on any atom is 0.158 e. The lowest BCUT2D eigenvalue weighted by atomic mass is 9.99. The van der Waals surface area contributed by atoms with Crippen LogP contribution in [-0.4, -0.2) is 16.8 Å². The van der Waals surface area contributed by atoms with E-state index in [0.717, 1.165) is 6.42 Å². The average Bonchev–Trinajstić information content (AvgIpc) is 2.89. The van der Waals surface area contributed by atoms with Crippen LogP contribution >= 0.6 is 22.6 Å². The molecule has 3 heteroatoms. The fraction of sp³-hybridized carbons (Fsp3) is 0.647. The van der Waals surface area contributed by atoms with E-state index in [1.165, 1.54) is 35.7 Å². The minimum Gasteiger partial charge on any atom is -0.349 e. The van der Waals surface area contributed by atoms with Crippen LogP contribution in [0.4, 0.5) is 0 Å². The smallest absolute Gasteiger partial charge is 0.158 e. The van der Waals surface area contributed by atoms with Crippen molar-refractivity contribution >= 4 is 22.6 Å². The molecule has 1 aliphatic rings. The van der Waals surface area contributed by atoms with E-state index in [0.29, 0.717) is 18.6 Å². The molecule has 2 rings (SSSR count). The monoisotopic (exact) mass is 388 g/mol. The highest BCUT2D eigenvalue weighted by molar-refractivity contribution is 14.1. The molecule has 0 amide bonds. The van der Waals surface area contributed by atoms with Crippen molar-refractivity contribution < 1.29 is 9.47 Å². The number of ether oxygens (including phenoxy) is 2. The largest absolute Gasteiger partial charge is 0.349 e. The van der Waals surface area contributed by atoms with Crippen molar-refractivity contribution in [3.63, 3.8) is 0 Å². The Morgan fingerprint density at radius 2 is 2.05 bits per heavy atom. The third kappa shape index (κ3) is 5.01. The molecule has 1 saturated heterocycles. The Kier molecular flexibility index (Phi) is 7.31. The molecule has 1 unspecified atom stereocenters. The van der Waals surface area contributed by atoms with E-state index in [2.05, 4.69) is 53.8 Å². The van der Waals surface area contributed by atoms with Crippen molar-refractivity contribution in [3.8, 4) is 0 Å². The molecule has 20 heavy (non-hydrogen) atoms. The Morgan fingerprint density at radius 1 is 1.25 bits per heavy atom. The summed E-state index contributed by atoms with van der Waals surface area (Å²) in [6, 6.07) is 10.3. The molecule has 0 N–H and O–H groups in total. The van der Waals surface area contributed by atoms with Crippen molar-refractivity contribution in [2.75, 3.05) is 4.43 Å². The number of benzene rings is 1. The van der Waals surface area contributed by atoms with Crippen LogP contribution in [0, 0.1) is 5.92 Å². The van der Waals surface area contributed by atoms with Gasteiger partial charge in [-0.2, -0.15) is 0 Å². The van der Waals surface area contributed by atoms with E-state index >= 15 is 0 Å².